The number of anilines is 6. The zero-order valence-corrected chi connectivity index (χ0v) is 56.8. The second-order valence-electron chi connectivity index (χ2n) is 22.1. The lowest BCUT2D eigenvalue weighted by Gasteiger charge is -2.20. The van der Waals surface area contributed by atoms with Gasteiger partial charge in [-0.05, 0) is 78.6 Å². The summed E-state index contributed by atoms with van der Waals surface area (Å²) in [6, 6.07) is 51.5. The van der Waals surface area contributed by atoms with E-state index in [1.807, 2.05) is 164 Å². The molecule has 13 rings (SSSR count). The quantitative estimate of drug-likeness (QED) is 0.0143. The number of nitrogens with zero attached hydrogens (tertiary/aromatic N) is 7. The number of nitrogens with two attached hydrogens (primary N) is 1. The number of hydrogen-bond donors (Lipinski definition) is 8. The summed E-state index contributed by atoms with van der Waals surface area (Å²) in [4.78, 5) is 73.1. The molecule has 0 saturated heterocycles. The van der Waals surface area contributed by atoms with E-state index in [-0.39, 0.29) is 68.8 Å². The number of aromatic nitrogens is 7. The Labute approximate surface area is 596 Å². The van der Waals surface area contributed by atoms with Crippen molar-refractivity contribution in [3.63, 3.8) is 0 Å². The van der Waals surface area contributed by atoms with Gasteiger partial charge in [0.05, 0.1) is 96.8 Å². The van der Waals surface area contributed by atoms with Crippen molar-refractivity contribution in [3.8, 4) is 66.8 Å². The van der Waals surface area contributed by atoms with Gasteiger partial charge in [0.1, 0.15) is 6.42 Å². The van der Waals surface area contributed by atoms with Crippen LogP contribution in [0, 0.1) is 5.92 Å². The highest BCUT2D eigenvalue weighted by Gasteiger charge is 2.25. The zero-order chi connectivity index (χ0) is 73.5. The van der Waals surface area contributed by atoms with Crippen molar-refractivity contribution in [2.45, 2.75) is 65.2 Å². The number of carbonyl (C=O) groups is 6. The van der Waals surface area contributed by atoms with Crippen LogP contribution >= 0.6 is 0 Å². The summed E-state index contributed by atoms with van der Waals surface area (Å²) in [6.45, 7) is 4.32. The van der Waals surface area contributed by atoms with E-state index in [0.717, 1.165) is 81.3 Å². The molecule has 0 atom stereocenters. The molecule has 538 valence electrons. The molecule has 29 heteroatoms. The molecule has 9 N–H and O–H groups in total. The Morgan fingerprint density at radius 3 is 1.22 bits per heavy atom. The first kappa shape index (κ1) is 76.6. The number of nitrogen functional groups attached to an aromatic ring is 1. The number of aliphatic hydroxyl groups is 2. The summed E-state index contributed by atoms with van der Waals surface area (Å²) < 4.78 is 39.2. The Morgan fingerprint density at radius 1 is 0.442 bits per heavy atom. The van der Waals surface area contributed by atoms with Gasteiger partial charge in [0, 0.05) is 31.5 Å². The van der Waals surface area contributed by atoms with E-state index in [1.165, 1.54) is 18.8 Å². The van der Waals surface area contributed by atoms with Gasteiger partial charge in [-0.25, -0.2) is 4.79 Å². The number of amides is 4. The molecule has 0 bridgehead atoms. The zero-order valence-electron chi connectivity index (χ0n) is 56.8. The molecule has 7 heterocycles. The number of hydrogen-bond acceptors (Lipinski definition) is 25. The molecule has 1 saturated carbocycles. The lowest BCUT2D eigenvalue weighted by molar-refractivity contribution is -0.152. The number of nitrogens with one attached hydrogen (secondary N) is 5. The molecule has 1 aliphatic carbocycles. The van der Waals surface area contributed by atoms with Crippen molar-refractivity contribution >= 4 is 70.9 Å². The standard InChI is InChI=1S/C16H18N2O2.C14H14N2O4.C13H12N2O4.C12H12N2O3.C12H14N2O2.C8H7N3O/c19-15(13-9-5-2-6-10-13)18-16-14(11-17-20-16)12-7-3-1-4-8-12;1-2-19-13(18)8-12(17)16-14-11(9-15-20-14)10-6-4-3-5-7-10;1-2-18-13(17)11(16)15-12-10(8-14-19-12)9-6-4-3-5-7-9;15-7-6-11(16)14-12-10(8-13-17-12)9-4-2-1-3-5-9;15-8-4-7-13-12-11(9-14-16-12)10-5-2-1-3-6-10;9-8-7(5-11-12-8)6-1-3-10-4-2-6/h1,3-4,7-8,11,13H,2,5-6,9-10H2,(H,18,19);3-7,9H,2,8H2,1H3,(H,16,17);3-8H,2H2,1H3,(H,15,16);1-5,8,15H,6-7H2,(H,14,16);1-3,5-6,9,13,15H,4,7-8H2;1-5H,9H2. The summed E-state index contributed by atoms with van der Waals surface area (Å²) in [5.41, 5.74) is 15.7. The largest absolute Gasteiger partial charge is 0.466 e. The van der Waals surface area contributed by atoms with E-state index >= 15 is 0 Å². The van der Waals surface area contributed by atoms with Crippen LogP contribution in [0.3, 0.4) is 0 Å². The summed E-state index contributed by atoms with van der Waals surface area (Å²) in [6.07, 6.45) is 18.7. The number of pyridine rings is 1. The summed E-state index contributed by atoms with van der Waals surface area (Å²) in [7, 11) is 0. The lowest BCUT2D eigenvalue weighted by atomic mass is 9.88. The van der Waals surface area contributed by atoms with Crippen molar-refractivity contribution < 1.29 is 75.6 Å². The molecule has 5 aromatic carbocycles. The third kappa shape index (κ3) is 24.1. The van der Waals surface area contributed by atoms with Crippen LogP contribution in [-0.2, 0) is 38.2 Å². The number of aliphatic hydroxyl groups excluding tert-OH is 2. The first-order chi connectivity index (χ1) is 50.9. The fraction of sp³-hybridized carbons (Fsp3) is 0.213. The summed E-state index contributed by atoms with van der Waals surface area (Å²) in [5, 5.41) is 52.8. The first-order valence-electron chi connectivity index (χ1n) is 33.0. The summed E-state index contributed by atoms with van der Waals surface area (Å²) >= 11 is 0. The van der Waals surface area contributed by atoms with Crippen molar-refractivity contribution in [1.82, 2.24) is 35.9 Å². The lowest BCUT2D eigenvalue weighted by Crippen LogP contribution is -2.25. The van der Waals surface area contributed by atoms with Crippen LogP contribution in [0.4, 0.5) is 35.3 Å². The normalized spacial score (nSPS) is 11.2. The predicted octanol–water partition coefficient (Wildman–Crippen LogP) is 13.1. The van der Waals surface area contributed by atoms with E-state index in [0.29, 0.717) is 47.6 Å². The Morgan fingerprint density at radius 2 is 0.817 bits per heavy atom. The Kier molecular flexibility index (Phi) is 31.0. The molecule has 4 amide bonds. The molecule has 7 aromatic heterocycles. The third-order valence-electron chi connectivity index (χ3n) is 14.8. The van der Waals surface area contributed by atoms with Crippen LogP contribution in [-0.4, -0.2) is 115 Å². The average molecular weight is 1420 g/mol. The minimum atomic E-state index is -0.960. The smallest absolute Gasteiger partial charge is 0.397 e. The number of ether oxygens (including phenoxy) is 2. The highest BCUT2D eigenvalue weighted by atomic mass is 16.5. The SMILES string of the molecule is CCOC(=O)C(=O)Nc1oncc1-c1ccccc1.CCOC(=O)CC(=O)Nc1oncc1-c1ccccc1.Nc1oncc1-c1ccncc1.O=C(CCO)Nc1oncc1-c1ccccc1.O=C(Nc1oncc1-c1ccccc1)C1CCCCC1.OCCCNc1oncc1-c1ccccc1. The van der Waals surface area contributed by atoms with Gasteiger partial charge in [-0.1, -0.05) is 202 Å². The number of carbonyl (C=O) groups excluding carboxylic acids is 6. The van der Waals surface area contributed by atoms with E-state index in [1.54, 1.807) is 51.0 Å². The number of esters is 2. The second kappa shape index (κ2) is 42.1. The van der Waals surface area contributed by atoms with Crippen LogP contribution in [0.5, 0.6) is 0 Å². The van der Waals surface area contributed by atoms with Crippen LogP contribution in [0.15, 0.2) is 241 Å². The molecule has 29 nitrogen and oxygen atoms in total. The van der Waals surface area contributed by atoms with Crippen LogP contribution in [0.2, 0.25) is 0 Å². The van der Waals surface area contributed by atoms with Crippen LogP contribution < -0.4 is 32.3 Å². The number of rotatable bonds is 21. The van der Waals surface area contributed by atoms with Crippen molar-refractivity contribution in [2.75, 3.05) is 65.3 Å². The fourth-order valence-corrected chi connectivity index (χ4v) is 9.81. The van der Waals surface area contributed by atoms with E-state index in [9.17, 15) is 28.8 Å². The first-order valence-corrected chi connectivity index (χ1v) is 33.0. The van der Waals surface area contributed by atoms with Crippen molar-refractivity contribution in [1.29, 1.82) is 0 Å². The summed E-state index contributed by atoms with van der Waals surface area (Å²) in [5.74, 6) is -1.01. The number of benzene rings is 5. The van der Waals surface area contributed by atoms with Crippen LogP contribution in [0.25, 0.3) is 66.8 Å². The topological polar surface area (TPSA) is 417 Å². The van der Waals surface area contributed by atoms with Crippen molar-refractivity contribution in [2.24, 2.45) is 5.92 Å². The Balaban J connectivity index is 0.000000159. The highest BCUT2D eigenvalue weighted by molar-refractivity contribution is 6.37. The molecule has 1 fully saturated rings. The van der Waals surface area contributed by atoms with Gasteiger partial charge in [0.15, 0.2) is 0 Å². The van der Waals surface area contributed by atoms with Crippen molar-refractivity contribution in [3.05, 3.63) is 213 Å². The van der Waals surface area contributed by atoms with Gasteiger partial charge >= 0.3 is 17.8 Å². The molecular weight excluding hydrogens is 1340 g/mol. The molecule has 12 aromatic rings. The van der Waals surface area contributed by atoms with Gasteiger partial charge < -0.3 is 57.9 Å². The maximum Gasteiger partial charge on any atom is 0.397 e. The monoisotopic (exact) mass is 1420 g/mol. The van der Waals surface area contributed by atoms with Gasteiger partial charge in [0.25, 0.3) is 0 Å². The molecule has 0 radical (unpaired) electrons. The minimum absolute atomic E-state index is 0.0366. The predicted molar refractivity (Wildman–Crippen MR) is 385 cm³/mol. The van der Waals surface area contributed by atoms with E-state index in [4.69, 9.17) is 47.8 Å². The Bertz CT molecular complexity index is 4500. The maximum absolute atomic E-state index is 12.3. The maximum atomic E-state index is 12.3. The van der Waals surface area contributed by atoms with Gasteiger partial charge in [-0.2, -0.15) is 0 Å². The van der Waals surface area contributed by atoms with E-state index < -0.39 is 23.8 Å². The average Bonchev–Trinajstić information content (AvgIpc) is 1.73. The molecule has 0 spiro atoms. The Hall–Kier alpha value is -13.2. The molecular formula is C75H77N13O16. The molecule has 1 aliphatic rings. The molecule has 104 heavy (non-hydrogen) atoms. The minimum Gasteiger partial charge on any atom is -0.466 e. The van der Waals surface area contributed by atoms with Crippen LogP contribution in [0.1, 0.15) is 65.2 Å². The second-order valence-corrected chi connectivity index (χ2v) is 22.1. The van der Waals surface area contributed by atoms with Gasteiger partial charge in [0.2, 0.25) is 53.0 Å². The highest BCUT2D eigenvalue weighted by Crippen LogP contribution is 2.33. The molecule has 0 unspecified atom stereocenters. The van der Waals surface area contributed by atoms with Gasteiger partial charge in [-0.3, -0.25) is 50.2 Å². The van der Waals surface area contributed by atoms with Gasteiger partial charge in [-0.15, -0.1) is 0 Å². The third-order valence-corrected chi connectivity index (χ3v) is 14.8. The van der Waals surface area contributed by atoms with E-state index in [2.05, 4.69) is 67.2 Å². The molecule has 0 aliphatic heterocycles. The fourth-order valence-electron chi connectivity index (χ4n) is 9.81.